The Labute approximate surface area is 164 Å². The number of ether oxygens (including phenoxy) is 1. The van der Waals surface area contributed by atoms with E-state index < -0.39 is 11.9 Å². The summed E-state index contributed by atoms with van der Waals surface area (Å²) in [6.07, 6.45) is 11.6. The van der Waals surface area contributed by atoms with Gasteiger partial charge >= 0.3 is 0 Å². The van der Waals surface area contributed by atoms with Crippen molar-refractivity contribution in [2.24, 2.45) is 17.8 Å². The predicted molar refractivity (Wildman–Crippen MR) is 110 cm³/mol. The number of carbonyl (C=O) groups excluding carboxylic acids is 1. The molecule has 2 N–H and O–H groups in total. The Hall–Kier alpha value is -1.81. The summed E-state index contributed by atoms with van der Waals surface area (Å²) in [5.74, 6) is -1.42. The van der Waals surface area contributed by atoms with Gasteiger partial charge in [0.1, 0.15) is 11.9 Å². The van der Waals surface area contributed by atoms with E-state index in [0.29, 0.717) is 0 Å². The lowest BCUT2D eigenvalue weighted by Gasteiger charge is -2.35. The number of Topliss-reactive ketones (excluding diaryl/α,β-unsaturated/α-hetero) is 1. The summed E-state index contributed by atoms with van der Waals surface area (Å²) in [5.41, 5.74) is 2.63. The smallest absolute Gasteiger partial charge is 0.229 e. The molecular weight excluding hydrogens is 340 g/mol. The molecule has 1 aliphatic rings. The summed E-state index contributed by atoms with van der Waals surface area (Å²) in [7, 11) is 1.34. The lowest BCUT2D eigenvalue weighted by molar-refractivity contribution is -0.134. The summed E-state index contributed by atoms with van der Waals surface area (Å²) < 4.78 is 4.97. The normalized spacial score (nSPS) is 26.0. The number of hydrogen-bond donors (Lipinski definition) is 2. The zero-order valence-corrected chi connectivity index (χ0v) is 17.7. The first-order chi connectivity index (χ1) is 12.7. The quantitative estimate of drug-likeness (QED) is 0.538. The van der Waals surface area contributed by atoms with Gasteiger partial charge in [0, 0.05) is 11.8 Å². The van der Waals surface area contributed by atoms with Crippen LogP contribution in [0, 0.1) is 17.8 Å². The van der Waals surface area contributed by atoms with Crippen molar-refractivity contribution in [1.82, 2.24) is 0 Å². The molecule has 0 aromatic carbocycles. The Bertz CT molecular complexity index is 624. The fourth-order valence-electron chi connectivity index (χ4n) is 3.82. The van der Waals surface area contributed by atoms with Crippen LogP contribution in [0.15, 0.2) is 47.0 Å². The van der Waals surface area contributed by atoms with Gasteiger partial charge in [0.15, 0.2) is 0 Å². The van der Waals surface area contributed by atoms with Gasteiger partial charge in [-0.1, -0.05) is 49.3 Å². The highest BCUT2D eigenvalue weighted by molar-refractivity contribution is 5.98. The van der Waals surface area contributed by atoms with Crippen LogP contribution < -0.4 is 0 Å². The second-order valence-electron chi connectivity index (χ2n) is 7.66. The van der Waals surface area contributed by atoms with Crippen molar-refractivity contribution in [1.29, 1.82) is 0 Å². The SMILES string of the molecule is CC=CCCC(C)=CCCC(C)=CC(C)C1C(C)C(O)=C(OC)C(=O)C1O. The van der Waals surface area contributed by atoms with Gasteiger partial charge in [-0.3, -0.25) is 4.79 Å². The van der Waals surface area contributed by atoms with Gasteiger partial charge in [-0.2, -0.15) is 0 Å². The van der Waals surface area contributed by atoms with Crippen LogP contribution in [0.25, 0.3) is 0 Å². The fraction of sp³-hybridized carbons (Fsp3) is 0.609. The maximum Gasteiger partial charge on any atom is 0.229 e. The van der Waals surface area contributed by atoms with Crippen LogP contribution in [0.1, 0.15) is 60.3 Å². The van der Waals surface area contributed by atoms with Crippen molar-refractivity contribution in [2.75, 3.05) is 7.11 Å². The molecule has 4 heteroatoms. The van der Waals surface area contributed by atoms with Gasteiger partial charge in [0.25, 0.3) is 0 Å². The Morgan fingerprint density at radius 1 is 1.22 bits per heavy atom. The zero-order valence-electron chi connectivity index (χ0n) is 17.7. The van der Waals surface area contributed by atoms with Crippen molar-refractivity contribution < 1.29 is 19.7 Å². The summed E-state index contributed by atoms with van der Waals surface area (Å²) in [4.78, 5) is 12.2. The summed E-state index contributed by atoms with van der Waals surface area (Å²) in [6.45, 7) is 10.1. The third kappa shape index (κ3) is 6.39. The Morgan fingerprint density at radius 2 is 1.85 bits per heavy atom. The van der Waals surface area contributed by atoms with E-state index in [-0.39, 0.29) is 29.3 Å². The minimum absolute atomic E-state index is 0.0284. The Morgan fingerprint density at radius 3 is 2.44 bits per heavy atom. The molecule has 152 valence electrons. The van der Waals surface area contributed by atoms with E-state index in [1.165, 1.54) is 18.3 Å². The van der Waals surface area contributed by atoms with Gasteiger partial charge in [-0.05, 0) is 52.4 Å². The van der Waals surface area contributed by atoms with E-state index >= 15 is 0 Å². The first-order valence-corrected chi connectivity index (χ1v) is 9.88. The molecule has 1 rings (SSSR count). The minimum Gasteiger partial charge on any atom is -0.508 e. The molecule has 4 unspecified atom stereocenters. The first kappa shape index (κ1) is 23.2. The number of carbonyl (C=O) groups is 1. The largest absolute Gasteiger partial charge is 0.508 e. The van der Waals surface area contributed by atoms with Gasteiger partial charge in [0.2, 0.25) is 11.5 Å². The molecule has 1 aliphatic carbocycles. The number of rotatable bonds is 9. The number of aliphatic hydroxyl groups is 2. The fourth-order valence-corrected chi connectivity index (χ4v) is 3.82. The van der Waals surface area contributed by atoms with Crippen molar-refractivity contribution in [2.45, 2.75) is 66.4 Å². The van der Waals surface area contributed by atoms with Crippen LogP contribution in [0.2, 0.25) is 0 Å². The van der Waals surface area contributed by atoms with Crippen LogP contribution in [-0.4, -0.2) is 29.2 Å². The van der Waals surface area contributed by atoms with Crippen molar-refractivity contribution in [3.63, 3.8) is 0 Å². The van der Waals surface area contributed by atoms with Crippen LogP contribution in [0.3, 0.4) is 0 Å². The van der Waals surface area contributed by atoms with Gasteiger partial charge in [-0.25, -0.2) is 0 Å². The molecule has 0 amide bonds. The van der Waals surface area contributed by atoms with Crippen molar-refractivity contribution in [3.8, 4) is 0 Å². The summed E-state index contributed by atoms with van der Waals surface area (Å²) >= 11 is 0. The maximum atomic E-state index is 12.2. The first-order valence-electron chi connectivity index (χ1n) is 9.88. The molecule has 0 aromatic rings. The van der Waals surface area contributed by atoms with E-state index in [9.17, 15) is 15.0 Å². The van der Waals surface area contributed by atoms with Crippen molar-refractivity contribution in [3.05, 3.63) is 47.0 Å². The number of aliphatic hydroxyl groups excluding tert-OH is 2. The molecule has 4 nitrogen and oxygen atoms in total. The molecular formula is C23H36O4. The lowest BCUT2D eigenvalue weighted by atomic mass is 9.72. The van der Waals surface area contributed by atoms with Gasteiger partial charge in [-0.15, -0.1) is 0 Å². The summed E-state index contributed by atoms with van der Waals surface area (Å²) in [6, 6.07) is 0. The second-order valence-corrected chi connectivity index (χ2v) is 7.66. The number of hydrogen-bond acceptors (Lipinski definition) is 4. The molecule has 0 saturated heterocycles. The van der Waals surface area contributed by atoms with Crippen LogP contribution in [0.4, 0.5) is 0 Å². The number of allylic oxidation sites excluding steroid dienone is 7. The summed E-state index contributed by atoms with van der Waals surface area (Å²) in [5, 5.41) is 20.7. The van der Waals surface area contributed by atoms with Crippen molar-refractivity contribution >= 4 is 5.78 Å². The standard InChI is InChI=1S/C23H36O4/c1-7-8-9-11-15(2)12-10-13-16(3)14-17(4)19-18(5)20(24)23(27-6)22(26)21(19)25/h7-8,12,14,17-19,21,24-25H,9-11,13H2,1-6H3. The number of ketones is 1. The molecule has 0 bridgehead atoms. The molecule has 0 radical (unpaired) electrons. The maximum absolute atomic E-state index is 12.2. The molecule has 0 aliphatic heterocycles. The average molecular weight is 377 g/mol. The van der Waals surface area contributed by atoms with Gasteiger partial charge in [0.05, 0.1) is 7.11 Å². The van der Waals surface area contributed by atoms with E-state index in [1.807, 2.05) is 20.8 Å². The average Bonchev–Trinajstić information content (AvgIpc) is 2.61. The highest BCUT2D eigenvalue weighted by atomic mass is 16.5. The Kier molecular flexibility index (Phi) is 9.57. The molecule has 0 fully saturated rings. The monoisotopic (exact) mass is 376 g/mol. The zero-order chi connectivity index (χ0) is 20.6. The highest BCUT2D eigenvalue weighted by Gasteiger charge is 2.44. The second kappa shape index (κ2) is 11.1. The lowest BCUT2D eigenvalue weighted by Crippen LogP contribution is -2.43. The topological polar surface area (TPSA) is 66.8 Å². The van der Waals surface area contributed by atoms with E-state index in [0.717, 1.165) is 25.7 Å². The van der Waals surface area contributed by atoms with E-state index in [1.54, 1.807) is 0 Å². The van der Waals surface area contributed by atoms with E-state index in [4.69, 9.17) is 4.74 Å². The molecule has 0 saturated carbocycles. The third-order valence-electron chi connectivity index (χ3n) is 5.43. The Balaban J connectivity index is 2.73. The molecule has 0 spiro atoms. The predicted octanol–water partition coefficient (Wildman–Crippen LogP) is 5.26. The number of methoxy groups -OCH3 is 1. The minimum atomic E-state index is -1.15. The van der Waals surface area contributed by atoms with Crippen LogP contribution in [-0.2, 0) is 9.53 Å². The van der Waals surface area contributed by atoms with Gasteiger partial charge < -0.3 is 14.9 Å². The molecule has 4 atom stereocenters. The molecule has 27 heavy (non-hydrogen) atoms. The molecule has 0 aromatic heterocycles. The van der Waals surface area contributed by atoms with Crippen LogP contribution >= 0.6 is 0 Å². The third-order valence-corrected chi connectivity index (χ3v) is 5.43. The van der Waals surface area contributed by atoms with E-state index in [2.05, 4.69) is 38.2 Å². The molecule has 0 heterocycles. The van der Waals surface area contributed by atoms with Crippen LogP contribution in [0.5, 0.6) is 0 Å². The highest BCUT2D eigenvalue weighted by Crippen LogP contribution is 2.37.